The van der Waals surface area contributed by atoms with Crippen LogP contribution in [0.1, 0.15) is 5.56 Å². The molecule has 0 aliphatic carbocycles. The Kier molecular flexibility index (Phi) is 6.86. The first-order valence-corrected chi connectivity index (χ1v) is 13.8. The highest BCUT2D eigenvalue weighted by molar-refractivity contribution is 7.92. The molecule has 5 rings (SSSR count). The number of nitrogens with zero attached hydrogens (tertiary/aromatic N) is 4. The lowest BCUT2D eigenvalue weighted by atomic mass is 10.1. The van der Waals surface area contributed by atoms with Gasteiger partial charge < -0.3 is 4.90 Å². The molecular formula is C25H25N5O4S2. The number of aromatic nitrogens is 1. The number of nitro groups is 1. The average molecular weight is 524 g/mol. The van der Waals surface area contributed by atoms with E-state index in [2.05, 4.69) is 31.0 Å². The summed E-state index contributed by atoms with van der Waals surface area (Å²) in [5, 5.41) is 12.2. The summed E-state index contributed by atoms with van der Waals surface area (Å²) in [6.45, 7) is 4.57. The molecule has 0 bridgehead atoms. The summed E-state index contributed by atoms with van der Waals surface area (Å²) in [6, 6.07) is 20.6. The van der Waals surface area contributed by atoms with Gasteiger partial charge in [0.15, 0.2) is 0 Å². The molecule has 9 nitrogen and oxygen atoms in total. The smallest absolute Gasteiger partial charge is 0.270 e. The summed E-state index contributed by atoms with van der Waals surface area (Å²) < 4.78 is 33.9. The molecule has 0 atom stereocenters. The van der Waals surface area contributed by atoms with Crippen LogP contribution < -0.4 is 9.62 Å². The van der Waals surface area contributed by atoms with E-state index < -0.39 is 14.9 Å². The van der Waals surface area contributed by atoms with Gasteiger partial charge in [0.1, 0.15) is 5.82 Å². The van der Waals surface area contributed by atoms with Gasteiger partial charge in [0.25, 0.3) is 15.7 Å². The Labute approximate surface area is 213 Å². The number of fused-ring (bicyclic) bond motifs is 1. The molecule has 1 fully saturated rings. The molecule has 2 heterocycles. The predicted octanol–water partition coefficient (Wildman–Crippen LogP) is 4.37. The summed E-state index contributed by atoms with van der Waals surface area (Å²) in [4.78, 5) is 15.0. The van der Waals surface area contributed by atoms with Gasteiger partial charge in [0.2, 0.25) is 0 Å². The lowest BCUT2D eigenvalue weighted by molar-refractivity contribution is -0.385. The first-order valence-electron chi connectivity index (χ1n) is 11.6. The molecular weight excluding hydrogens is 498 g/mol. The fourth-order valence-electron chi connectivity index (χ4n) is 4.34. The van der Waals surface area contributed by atoms with Crippen molar-refractivity contribution in [2.24, 2.45) is 0 Å². The van der Waals surface area contributed by atoms with Crippen LogP contribution in [-0.4, -0.2) is 55.3 Å². The molecule has 1 aliphatic heterocycles. The molecule has 0 unspecified atom stereocenters. The molecule has 3 aromatic carbocycles. The SMILES string of the molecule is O=[N+]([O-])c1cccc(S(=O)(=O)Nc2cccc(CCN3CCN(c4nsc5ccccc45)CC3)c2)c1. The number of piperazine rings is 1. The lowest BCUT2D eigenvalue weighted by Crippen LogP contribution is -2.47. The normalized spacial score (nSPS) is 14.7. The summed E-state index contributed by atoms with van der Waals surface area (Å²) >= 11 is 1.54. The van der Waals surface area contributed by atoms with Crippen LogP contribution in [0.4, 0.5) is 17.2 Å². The third kappa shape index (κ3) is 5.32. The Morgan fingerprint density at radius 1 is 0.972 bits per heavy atom. The second kappa shape index (κ2) is 10.2. The Morgan fingerprint density at radius 3 is 2.56 bits per heavy atom. The van der Waals surface area contributed by atoms with Crippen molar-refractivity contribution in [1.82, 2.24) is 9.27 Å². The minimum atomic E-state index is -3.94. The molecule has 186 valence electrons. The second-order valence-electron chi connectivity index (χ2n) is 8.64. The van der Waals surface area contributed by atoms with Gasteiger partial charge in [-0.05, 0) is 53.8 Å². The first kappa shape index (κ1) is 24.2. The van der Waals surface area contributed by atoms with Crippen molar-refractivity contribution < 1.29 is 13.3 Å². The zero-order valence-electron chi connectivity index (χ0n) is 19.4. The number of non-ortho nitro benzene ring substituents is 1. The van der Waals surface area contributed by atoms with Crippen molar-refractivity contribution in [3.05, 3.63) is 88.5 Å². The average Bonchev–Trinajstić information content (AvgIpc) is 3.32. The number of anilines is 2. The minimum Gasteiger partial charge on any atom is -0.353 e. The zero-order chi connectivity index (χ0) is 25.1. The monoisotopic (exact) mass is 523 g/mol. The highest BCUT2D eigenvalue weighted by Gasteiger charge is 2.21. The Morgan fingerprint density at radius 2 is 1.75 bits per heavy atom. The van der Waals surface area contributed by atoms with Gasteiger partial charge in [-0.2, -0.15) is 4.37 Å². The largest absolute Gasteiger partial charge is 0.353 e. The third-order valence-electron chi connectivity index (χ3n) is 6.26. The topological polar surface area (TPSA) is 109 Å². The fourth-order valence-corrected chi connectivity index (χ4v) is 6.22. The van der Waals surface area contributed by atoms with Gasteiger partial charge in [-0.3, -0.25) is 19.7 Å². The van der Waals surface area contributed by atoms with Crippen molar-refractivity contribution in [3.8, 4) is 0 Å². The van der Waals surface area contributed by atoms with E-state index in [1.807, 2.05) is 30.3 Å². The van der Waals surface area contributed by atoms with Gasteiger partial charge in [-0.1, -0.05) is 30.3 Å². The summed E-state index contributed by atoms with van der Waals surface area (Å²) in [6.07, 6.45) is 0.784. The van der Waals surface area contributed by atoms with E-state index in [0.717, 1.165) is 56.6 Å². The molecule has 0 spiro atoms. The molecule has 1 aliphatic rings. The number of nitro benzene ring substituents is 1. The van der Waals surface area contributed by atoms with Gasteiger partial charge >= 0.3 is 0 Å². The minimum absolute atomic E-state index is 0.145. The molecule has 36 heavy (non-hydrogen) atoms. The van der Waals surface area contributed by atoms with Crippen molar-refractivity contribution in [1.29, 1.82) is 0 Å². The van der Waals surface area contributed by atoms with Crippen molar-refractivity contribution in [2.75, 3.05) is 42.3 Å². The van der Waals surface area contributed by atoms with E-state index in [1.54, 1.807) is 6.07 Å². The van der Waals surface area contributed by atoms with Gasteiger partial charge in [0.05, 0.1) is 14.5 Å². The number of rotatable bonds is 8. The number of nitrogens with one attached hydrogen (secondary N) is 1. The molecule has 11 heteroatoms. The van der Waals surface area contributed by atoms with E-state index in [9.17, 15) is 18.5 Å². The number of hydrogen-bond acceptors (Lipinski definition) is 8. The molecule has 0 amide bonds. The molecule has 1 aromatic heterocycles. The van der Waals surface area contributed by atoms with Crippen LogP contribution in [0, 0.1) is 10.1 Å². The number of sulfonamides is 1. The van der Waals surface area contributed by atoms with E-state index in [4.69, 9.17) is 0 Å². The van der Waals surface area contributed by atoms with Crippen LogP contribution in [0.2, 0.25) is 0 Å². The maximum absolute atomic E-state index is 12.8. The molecule has 1 saturated heterocycles. The zero-order valence-corrected chi connectivity index (χ0v) is 21.0. The standard InChI is InChI=1S/C25H25N5O4S2/c31-30(32)21-7-4-8-22(18-21)36(33,34)27-20-6-3-5-19(17-20)11-12-28-13-15-29(16-14-28)25-23-9-1-2-10-24(23)35-26-25/h1-10,17-18,27H,11-16H2. The molecule has 0 radical (unpaired) electrons. The number of hydrogen-bond donors (Lipinski definition) is 1. The lowest BCUT2D eigenvalue weighted by Gasteiger charge is -2.35. The Hall–Kier alpha value is -3.54. The molecule has 4 aromatic rings. The van der Waals surface area contributed by atoms with Crippen molar-refractivity contribution in [3.63, 3.8) is 0 Å². The predicted molar refractivity (Wildman–Crippen MR) is 142 cm³/mol. The van der Waals surface area contributed by atoms with Crippen LogP contribution in [0.5, 0.6) is 0 Å². The quantitative estimate of drug-likeness (QED) is 0.270. The van der Waals surface area contributed by atoms with E-state index in [1.165, 1.54) is 39.8 Å². The first-order chi connectivity index (χ1) is 17.4. The Balaban J connectivity index is 1.18. The third-order valence-corrected chi connectivity index (χ3v) is 8.46. The summed E-state index contributed by atoms with van der Waals surface area (Å²) in [5.41, 5.74) is 1.18. The highest BCUT2D eigenvalue weighted by Crippen LogP contribution is 2.30. The summed E-state index contributed by atoms with van der Waals surface area (Å²) in [7, 11) is -3.94. The van der Waals surface area contributed by atoms with Crippen LogP contribution in [0.3, 0.4) is 0 Å². The van der Waals surface area contributed by atoms with Crippen LogP contribution in [0.25, 0.3) is 10.1 Å². The molecule has 0 saturated carbocycles. The Bertz CT molecular complexity index is 1500. The van der Waals surface area contributed by atoms with E-state index in [0.29, 0.717) is 5.69 Å². The van der Waals surface area contributed by atoms with Gasteiger partial charge in [-0.15, -0.1) is 0 Å². The molecule has 1 N–H and O–H groups in total. The van der Waals surface area contributed by atoms with Gasteiger partial charge in [-0.25, -0.2) is 8.42 Å². The van der Waals surface area contributed by atoms with E-state index in [-0.39, 0.29) is 10.6 Å². The van der Waals surface area contributed by atoms with Crippen LogP contribution in [-0.2, 0) is 16.4 Å². The van der Waals surface area contributed by atoms with Gasteiger partial charge in [0, 0.05) is 55.9 Å². The number of benzene rings is 3. The summed E-state index contributed by atoms with van der Waals surface area (Å²) in [5.74, 6) is 1.07. The second-order valence-corrected chi connectivity index (χ2v) is 11.1. The van der Waals surface area contributed by atoms with Crippen molar-refractivity contribution in [2.45, 2.75) is 11.3 Å². The van der Waals surface area contributed by atoms with E-state index >= 15 is 0 Å². The maximum Gasteiger partial charge on any atom is 0.270 e. The van der Waals surface area contributed by atoms with Crippen molar-refractivity contribution >= 4 is 48.8 Å². The van der Waals surface area contributed by atoms with Crippen LogP contribution in [0.15, 0.2) is 77.7 Å². The maximum atomic E-state index is 12.8. The fraction of sp³-hybridized carbons (Fsp3) is 0.240. The highest BCUT2D eigenvalue weighted by atomic mass is 32.2. The van der Waals surface area contributed by atoms with Crippen LogP contribution >= 0.6 is 11.5 Å².